The monoisotopic (exact) mass is 371 g/mol. The number of benzene rings is 1. The standard InChI is InChI=1S/C14H18BrN3O2S/c1-10(2)13-7-11(8-18(13)9-16)17-21(19,20)14-6-4-3-5-12(14)15/h3-6,10-11,13,17H,7-8H2,1-2H3/t11-,13-/m1/s1. The second-order valence-corrected chi connectivity index (χ2v) is 8.08. The van der Waals surface area contributed by atoms with E-state index in [1.807, 2.05) is 13.8 Å². The van der Waals surface area contributed by atoms with Crippen molar-refractivity contribution < 1.29 is 8.42 Å². The average Bonchev–Trinajstić information content (AvgIpc) is 2.81. The lowest BCUT2D eigenvalue weighted by Gasteiger charge is -2.21. The molecule has 1 heterocycles. The molecule has 5 nitrogen and oxygen atoms in total. The summed E-state index contributed by atoms with van der Waals surface area (Å²) >= 11 is 3.26. The van der Waals surface area contributed by atoms with Gasteiger partial charge in [0.15, 0.2) is 6.19 Å². The minimum absolute atomic E-state index is 0.0851. The van der Waals surface area contributed by atoms with E-state index in [1.54, 1.807) is 29.2 Å². The molecule has 1 saturated heterocycles. The number of halogens is 1. The zero-order valence-corrected chi connectivity index (χ0v) is 14.4. The van der Waals surface area contributed by atoms with Crippen molar-refractivity contribution in [3.63, 3.8) is 0 Å². The van der Waals surface area contributed by atoms with Crippen LogP contribution in [0.2, 0.25) is 0 Å². The largest absolute Gasteiger partial charge is 0.306 e. The molecule has 21 heavy (non-hydrogen) atoms. The maximum Gasteiger partial charge on any atom is 0.242 e. The molecule has 7 heteroatoms. The summed E-state index contributed by atoms with van der Waals surface area (Å²) in [6, 6.07) is 6.55. The molecule has 0 aromatic heterocycles. The molecule has 0 spiro atoms. The Hall–Kier alpha value is -1.10. The average molecular weight is 372 g/mol. The number of sulfonamides is 1. The summed E-state index contributed by atoms with van der Waals surface area (Å²) in [5, 5.41) is 9.15. The SMILES string of the molecule is CC(C)[C@H]1C[C@@H](NS(=O)(=O)c2ccccc2Br)CN1C#N. The Morgan fingerprint density at radius 3 is 2.62 bits per heavy atom. The van der Waals surface area contributed by atoms with E-state index in [0.29, 0.717) is 23.4 Å². The molecule has 0 unspecified atom stereocenters. The van der Waals surface area contributed by atoms with Gasteiger partial charge in [-0.25, -0.2) is 13.1 Å². The molecule has 0 saturated carbocycles. The lowest BCUT2D eigenvalue weighted by Crippen LogP contribution is -2.36. The van der Waals surface area contributed by atoms with Crippen LogP contribution >= 0.6 is 15.9 Å². The highest BCUT2D eigenvalue weighted by atomic mass is 79.9. The van der Waals surface area contributed by atoms with Crippen LogP contribution in [0.25, 0.3) is 0 Å². The molecular formula is C14H18BrN3O2S. The van der Waals surface area contributed by atoms with E-state index in [-0.39, 0.29) is 17.0 Å². The Bertz CT molecular complexity index is 654. The van der Waals surface area contributed by atoms with Gasteiger partial charge >= 0.3 is 0 Å². The summed E-state index contributed by atoms with van der Waals surface area (Å²) in [5.41, 5.74) is 0. The molecule has 114 valence electrons. The number of rotatable bonds is 4. The van der Waals surface area contributed by atoms with E-state index in [0.717, 1.165) is 0 Å². The molecule has 2 atom stereocenters. The molecule has 1 aliphatic heterocycles. The van der Waals surface area contributed by atoms with Crippen LogP contribution in [0.3, 0.4) is 0 Å². The first-order chi connectivity index (χ1) is 9.85. The van der Waals surface area contributed by atoms with Gasteiger partial charge in [0.2, 0.25) is 10.0 Å². The molecule has 1 N–H and O–H groups in total. The predicted molar refractivity (Wildman–Crippen MR) is 83.8 cm³/mol. The number of hydrogen-bond donors (Lipinski definition) is 1. The van der Waals surface area contributed by atoms with E-state index < -0.39 is 10.0 Å². The molecule has 0 aliphatic carbocycles. The molecular weight excluding hydrogens is 354 g/mol. The van der Waals surface area contributed by atoms with Gasteiger partial charge in [0.05, 0.1) is 4.90 Å². The fraction of sp³-hybridized carbons (Fsp3) is 0.500. The van der Waals surface area contributed by atoms with Gasteiger partial charge in [-0.05, 0) is 40.4 Å². The Kier molecular flexibility index (Phi) is 4.91. The van der Waals surface area contributed by atoms with E-state index >= 15 is 0 Å². The van der Waals surface area contributed by atoms with E-state index in [2.05, 4.69) is 26.8 Å². The van der Waals surface area contributed by atoms with Crippen molar-refractivity contribution in [2.24, 2.45) is 5.92 Å². The van der Waals surface area contributed by atoms with Gasteiger partial charge in [-0.15, -0.1) is 0 Å². The molecule has 2 rings (SSSR count). The van der Waals surface area contributed by atoms with Gasteiger partial charge in [-0.1, -0.05) is 26.0 Å². The molecule has 1 fully saturated rings. The van der Waals surface area contributed by atoms with Crippen molar-refractivity contribution in [1.29, 1.82) is 5.26 Å². The second-order valence-electron chi connectivity index (χ2n) is 5.55. The quantitative estimate of drug-likeness (QED) is 0.824. The first kappa shape index (κ1) is 16.3. The van der Waals surface area contributed by atoms with Crippen molar-refractivity contribution in [3.8, 4) is 6.19 Å². The second kappa shape index (κ2) is 6.34. The van der Waals surface area contributed by atoms with Crippen molar-refractivity contribution in [3.05, 3.63) is 28.7 Å². The van der Waals surface area contributed by atoms with E-state index in [4.69, 9.17) is 5.26 Å². The Morgan fingerprint density at radius 2 is 2.10 bits per heavy atom. The van der Waals surface area contributed by atoms with Crippen LogP contribution in [0.15, 0.2) is 33.6 Å². The Balaban J connectivity index is 2.16. The number of nitrogens with one attached hydrogen (secondary N) is 1. The van der Waals surface area contributed by atoms with Gasteiger partial charge < -0.3 is 4.90 Å². The lowest BCUT2D eigenvalue weighted by atomic mass is 10.0. The van der Waals surface area contributed by atoms with Crippen LogP contribution in [-0.2, 0) is 10.0 Å². The van der Waals surface area contributed by atoms with Crippen LogP contribution in [0.1, 0.15) is 20.3 Å². The van der Waals surface area contributed by atoms with Crippen LogP contribution in [0.5, 0.6) is 0 Å². The number of nitrogens with zero attached hydrogens (tertiary/aromatic N) is 2. The van der Waals surface area contributed by atoms with Crippen LogP contribution < -0.4 is 4.72 Å². The maximum atomic E-state index is 12.4. The van der Waals surface area contributed by atoms with Gasteiger partial charge in [0.25, 0.3) is 0 Å². The summed E-state index contributed by atoms with van der Waals surface area (Å²) < 4.78 is 28.1. The molecule has 1 aromatic rings. The highest BCUT2D eigenvalue weighted by Crippen LogP contribution is 2.26. The summed E-state index contributed by atoms with van der Waals surface area (Å²) in [4.78, 5) is 1.89. The third kappa shape index (κ3) is 3.57. The van der Waals surface area contributed by atoms with Crippen LogP contribution in [-0.4, -0.2) is 31.9 Å². The molecule has 0 radical (unpaired) electrons. The van der Waals surface area contributed by atoms with Gasteiger partial charge in [-0.2, -0.15) is 5.26 Å². The highest BCUT2D eigenvalue weighted by molar-refractivity contribution is 9.10. The van der Waals surface area contributed by atoms with Crippen molar-refractivity contribution >= 4 is 26.0 Å². The lowest BCUT2D eigenvalue weighted by molar-refractivity contribution is 0.291. The molecule has 0 amide bonds. The third-order valence-corrected chi connectivity index (χ3v) is 6.22. The van der Waals surface area contributed by atoms with Crippen molar-refractivity contribution in [2.75, 3.05) is 6.54 Å². The third-order valence-electron chi connectivity index (χ3n) is 3.69. The topological polar surface area (TPSA) is 73.2 Å². The zero-order valence-electron chi connectivity index (χ0n) is 12.0. The summed E-state index contributed by atoms with van der Waals surface area (Å²) in [5.74, 6) is 0.308. The van der Waals surface area contributed by atoms with Crippen molar-refractivity contribution in [1.82, 2.24) is 9.62 Å². The molecule has 1 aliphatic rings. The fourth-order valence-corrected chi connectivity index (χ4v) is 4.89. The van der Waals surface area contributed by atoms with Crippen molar-refractivity contribution in [2.45, 2.75) is 37.2 Å². The number of hydrogen-bond acceptors (Lipinski definition) is 4. The van der Waals surface area contributed by atoms with Crippen LogP contribution in [0, 0.1) is 17.4 Å². The predicted octanol–water partition coefficient (Wildman–Crippen LogP) is 2.31. The normalized spacial score (nSPS) is 22.5. The minimum Gasteiger partial charge on any atom is -0.306 e. The summed E-state index contributed by atoms with van der Waals surface area (Å²) in [6.45, 7) is 4.50. The number of nitriles is 1. The zero-order chi connectivity index (χ0) is 15.6. The number of likely N-dealkylation sites (tertiary alicyclic amines) is 1. The summed E-state index contributed by atoms with van der Waals surface area (Å²) in [6.07, 6.45) is 2.80. The van der Waals surface area contributed by atoms with Gasteiger partial charge in [0.1, 0.15) is 0 Å². The molecule has 0 bridgehead atoms. The van der Waals surface area contributed by atoms with Crippen LogP contribution in [0.4, 0.5) is 0 Å². The Morgan fingerprint density at radius 1 is 1.43 bits per heavy atom. The first-order valence-electron chi connectivity index (χ1n) is 6.78. The first-order valence-corrected chi connectivity index (χ1v) is 9.06. The molecule has 1 aromatic carbocycles. The fourth-order valence-electron chi connectivity index (χ4n) is 2.64. The van der Waals surface area contributed by atoms with Gasteiger partial charge in [0, 0.05) is 23.1 Å². The van der Waals surface area contributed by atoms with E-state index in [9.17, 15) is 8.42 Å². The smallest absolute Gasteiger partial charge is 0.242 e. The van der Waals surface area contributed by atoms with E-state index in [1.165, 1.54) is 0 Å². The van der Waals surface area contributed by atoms with Gasteiger partial charge in [-0.3, -0.25) is 0 Å². The minimum atomic E-state index is -3.59. The Labute approximate surface area is 134 Å². The maximum absolute atomic E-state index is 12.4. The highest BCUT2D eigenvalue weighted by Gasteiger charge is 2.36. The summed E-state index contributed by atoms with van der Waals surface area (Å²) in [7, 11) is -3.59.